The summed E-state index contributed by atoms with van der Waals surface area (Å²) in [7, 11) is 0. The average molecular weight is 258 g/mol. The molecule has 16 heavy (non-hydrogen) atoms. The van der Waals surface area contributed by atoms with Gasteiger partial charge in [0.25, 0.3) is 0 Å². The van der Waals surface area contributed by atoms with Gasteiger partial charge in [0.1, 0.15) is 0 Å². The van der Waals surface area contributed by atoms with Gasteiger partial charge in [-0.3, -0.25) is 0 Å². The summed E-state index contributed by atoms with van der Waals surface area (Å²) >= 11 is 7.82. The van der Waals surface area contributed by atoms with Crippen molar-refractivity contribution in [3.05, 3.63) is 34.9 Å². The highest BCUT2D eigenvalue weighted by Gasteiger charge is 2.02. The van der Waals surface area contributed by atoms with Crippen molar-refractivity contribution in [2.24, 2.45) is 0 Å². The van der Waals surface area contributed by atoms with Crippen molar-refractivity contribution < 1.29 is 0 Å². The summed E-state index contributed by atoms with van der Waals surface area (Å²) in [4.78, 5) is 0. The summed E-state index contributed by atoms with van der Waals surface area (Å²) in [6.45, 7) is 6.67. The van der Waals surface area contributed by atoms with Crippen LogP contribution < -0.4 is 5.32 Å². The maximum atomic E-state index is 5.84. The fourth-order valence-corrected chi connectivity index (χ4v) is 2.39. The van der Waals surface area contributed by atoms with Crippen molar-refractivity contribution in [2.45, 2.75) is 31.3 Å². The molecule has 1 atom stereocenters. The maximum absolute atomic E-state index is 5.84. The molecule has 1 aromatic rings. The lowest BCUT2D eigenvalue weighted by Crippen LogP contribution is -2.23. The number of hydrogen-bond acceptors (Lipinski definition) is 2. The molecule has 0 aromatic heterocycles. The summed E-state index contributed by atoms with van der Waals surface area (Å²) in [6.07, 6.45) is 1.20. The van der Waals surface area contributed by atoms with E-state index in [1.807, 2.05) is 23.9 Å². The zero-order valence-corrected chi connectivity index (χ0v) is 11.6. The first-order chi connectivity index (χ1) is 7.72. The Kier molecular flexibility index (Phi) is 6.93. The Morgan fingerprint density at radius 3 is 2.62 bits per heavy atom. The third-order valence-electron chi connectivity index (χ3n) is 2.31. The van der Waals surface area contributed by atoms with E-state index in [-0.39, 0.29) is 0 Å². The molecule has 0 heterocycles. The van der Waals surface area contributed by atoms with E-state index in [1.54, 1.807) is 0 Å². The molecule has 1 rings (SSSR count). The lowest BCUT2D eigenvalue weighted by molar-refractivity contribution is 0.669. The quantitative estimate of drug-likeness (QED) is 0.742. The van der Waals surface area contributed by atoms with Crippen LogP contribution in [0.2, 0.25) is 5.02 Å². The summed E-state index contributed by atoms with van der Waals surface area (Å²) < 4.78 is 0. The Labute approximate surface area is 108 Å². The molecule has 0 saturated carbocycles. The number of halogens is 1. The second-order valence-corrected chi connectivity index (χ2v) is 5.82. The van der Waals surface area contributed by atoms with Gasteiger partial charge in [-0.1, -0.05) is 37.6 Å². The first kappa shape index (κ1) is 13.9. The van der Waals surface area contributed by atoms with Gasteiger partial charge >= 0.3 is 0 Å². The largest absolute Gasteiger partial charge is 0.316 e. The van der Waals surface area contributed by atoms with Gasteiger partial charge in [-0.25, -0.2) is 0 Å². The van der Waals surface area contributed by atoms with Crippen LogP contribution in [0.3, 0.4) is 0 Å². The molecule has 0 spiro atoms. The van der Waals surface area contributed by atoms with Gasteiger partial charge in [0.05, 0.1) is 0 Å². The van der Waals surface area contributed by atoms with E-state index in [2.05, 4.69) is 31.3 Å². The summed E-state index contributed by atoms with van der Waals surface area (Å²) in [5.41, 5.74) is 1.34. The highest BCUT2D eigenvalue weighted by atomic mass is 35.5. The number of benzene rings is 1. The fraction of sp³-hybridized carbons (Fsp3) is 0.538. The summed E-state index contributed by atoms with van der Waals surface area (Å²) in [5.74, 6) is 1.06. The van der Waals surface area contributed by atoms with Gasteiger partial charge in [0.15, 0.2) is 0 Å². The average Bonchev–Trinajstić information content (AvgIpc) is 2.29. The van der Waals surface area contributed by atoms with Crippen LogP contribution in [0.5, 0.6) is 0 Å². The number of hydrogen-bond donors (Lipinski definition) is 1. The van der Waals surface area contributed by atoms with Crippen LogP contribution in [0.25, 0.3) is 0 Å². The van der Waals surface area contributed by atoms with Crippen LogP contribution >= 0.6 is 23.4 Å². The molecule has 90 valence electrons. The van der Waals surface area contributed by atoms with Crippen molar-refractivity contribution in [1.82, 2.24) is 5.32 Å². The van der Waals surface area contributed by atoms with E-state index in [9.17, 15) is 0 Å². The van der Waals surface area contributed by atoms with Gasteiger partial charge in [0, 0.05) is 22.6 Å². The molecule has 1 N–H and O–H groups in total. The highest BCUT2D eigenvalue weighted by Crippen LogP contribution is 2.18. The number of nitrogens with one attached hydrogen (secondary N) is 1. The second-order valence-electron chi connectivity index (χ2n) is 3.95. The molecule has 1 unspecified atom stereocenters. The minimum atomic E-state index is 0.655. The molecule has 0 aliphatic rings. The van der Waals surface area contributed by atoms with E-state index >= 15 is 0 Å². The molecule has 3 heteroatoms. The third kappa shape index (κ3) is 5.78. The van der Waals surface area contributed by atoms with E-state index < -0.39 is 0 Å². The van der Waals surface area contributed by atoms with Crippen LogP contribution in [0.1, 0.15) is 25.8 Å². The minimum Gasteiger partial charge on any atom is -0.316 e. The van der Waals surface area contributed by atoms with Gasteiger partial charge in [0.2, 0.25) is 0 Å². The standard InChI is InChI=1S/C13H20ClNS/c1-3-8-15-9-11(2)16-10-12-4-6-13(14)7-5-12/h4-7,11,15H,3,8-10H2,1-2H3. The second kappa shape index (κ2) is 7.99. The molecule has 0 aliphatic carbocycles. The molecular formula is C13H20ClNS. The van der Waals surface area contributed by atoms with Gasteiger partial charge in [-0.05, 0) is 30.7 Å². The van der Waals surface area contributed by atoms with Crippen LogP contribution in [0.15, 0.2) is 24.3 Å². The van der Waals surface area contributed by atoms with Crippen LogP contribution in [-0.2, 0) is 5.75 Å². The van der Waals surface area contributed by atoms with Gasteiger partial charge in [-0.15, -0.1) is 0 Å². The Morgan fingerprint density at radius 1 is 1.31 bits per heavy atom. The van der Waals surface area contributed by atoms with E-state index in [0.29, 0.717) is 5.25 Å². The van der Waals surface area contributed by atoms with Crippen molar-refractivity contribution in [3.63, 3.8) is 0 Å². The molecule has 0 fully saturated rings. The smallest absolute Gasteiger partial charge is 0.0406 e. The van der Waals surface area contributed by atoms with Crippen molar-refractivity contribution in [1.29, 1.82) is 0 Å². The summed E-state index contributed by atoms with van der Waals surface area (Å²) in [5, 5.41) is 4.90. The van der Waals surface area contributed by atoms with Crippen molar-refractivity contribution in [3.8, 4) is 0 Å². The number of thioether (sulfide) groups is 1. The van der Waals surface area contributed by atoms with Crippen molar-refractivity contribution in [2.75, 3.05) is 13.1 Å². The highest BCUT2D eigenvalue weighted by molar-refractivity contribution is 7.99. The third-order valence-corrected chi connectivity index (χ3v) is 3.79. The van der Waals surface area contributed by atoms with E-state index in [1.165, 1.54) is 12.0 Å². The first-order valence-electron chi connectivity index (χ1n) is 5.79. The maximum Gasteiger partial charge on any atom is 0.0406 e. The van der Waals surface area contributed by atoms with Crippen LogP contribution in [0.4, 0.5) is 0 Å². The topological polar surface area (TPSA) is 12.0 Å². The van der Waals surface area contributed by atoms with E-state index in [4.69, 9.17) is 11.6 Å². The Bertz CT molecular complexity index is 286. The molecule has 0 saturated heterocycles. The molecule has 1 nitrogen and oxygen atoms in total. The Balaban J connectivity index is 2.20. The normalized spacial score (nSPS) is 12.7. The predicted octanol–water partition coefficient (Wildman–Crippen LogP) is 3.96. The molecule has 1 aromatic carbocycles. The first-order valence-corrected chi connectivity index (χ1v) is 7.21. The molecule has 0 radical (unpaired) electrons. The van der Waals surface area contributed by atoms with Crippen molar-refractivity contribution >= 4 is 23.4 Å². The zero-order chi connectivity index (χ0) is 11.8. The Hall–Kier alpha value is -0.180. The van der Waals surface area contributed by atoms with E-state index in [0.717, 1.165) is 23.9 Å². The Morgan fingerprint density at radius 2 is 2.00 bits per heavy atom. The lowest BCUT2D eigenvalue weighted by atomic mass is 10.2. The fourth-order valence-electron chi connectivity index (χ4n) is 1.36. The summed E-state index contributed by atoms with van der Waals surface area (Å²) in [6, 6.07) is 8.11. The van der Waals surface area contributed by atoms with Crippen LogP contribution in [0, 0.1) is 0 Å². The molecular weight excluding hydrogens is 238 g/mol. The predicted molar refractivity (Wildman–Crippen MR) is 75.4 cm³/mol. The molecule has 0 aliphatic heterocycles. The lowest BCUT2D eigenvalue weighted by Gasteiger charge is -2.11. The monoisotopic (exact) mass is 257 g/mol. The SMILES string of the molecule is CCCNCC(C)SCc1ccc(Cl)cc1. The number of rotatable bonds is 7. The zero-order valence-electron chi connectivity index (χ0n) is 10.0. The van der Waals surface area contributed by atoms with Gasteiger partial charge < -0.3 is 5.32 Å². The minimum absolute atomic E-state index is 0.655. The molecule has 0 bridgehead atoms. The van der Waals surface area contributed by atoms with Crippen LogP contribution in [-0.4, -0.2) is 18.3 Å². The van der Waals surface area contributed by atoms with Gasteiger partial charge in [-0.2, -0.15) is 11.8 Å². The molecule has 0 amide bonds.